The molecule has 0 aliphatic heterocycles. The molecule has 0 radical (unpaired) electrons. The number of carboxylic acid groups (broad SMARTS) is 1. The number of aromatic carboxylic acids is 1. The molecule has 36 heavy (non-hydrogen) atoms. The Balaban J connectivity index is 1.83. The van der Waals surface area contributed by atoms with Crippen LogP contribution in [-0.4, -0.2) is 23.6 Å². The number of halogens is 1. The topological polar surface area (TPSA) is 109 Å². The van der Waals surface area contributed by atoms with Crippen molar-refractivity contribution in [3.05, 3.63) is 92.5 Å². The summed E-state index contributed by atoms with van der Waals surface area (Å²) in [5.41, 5.74) is 4.11. The van der Waals surface area contributed by atoms with E-state index in [0.717, 1.165) is 16.7 Å². The number of anilines is 1. The number of rotatable bonds is 9. The molecule has 0 aromatic heterocycles. The number of carboxylic acids is 1. The fraction of sp³-hybridized carbons (Fsp3) is 0.179. The Morgan fingerprint density at radius 2 is 1.75 bits per heavy atom. The first-order valence-electron chi connectivity index (χ1n) is 11.1. The lowest BCUT2D eigenvalue weighted by atomic mass is 10.1. The number of nitriles is 1. The molecular formula is C28H25BrN2O5. The zero-order chi connectivity index (χ0) is 26.2. The van der Waals surface area contributed by atoms with Gasteiger partial charge in [0.05, 0.1) is 12.2 Å². The average molecular weight is 549 g/mol. The number of amides is 1. The van der Waals surface area contributed by atoms with E-state index in [1.54, 1.807) is 24.3 Å². The van der Waals surface area contributed by atoms with E-state index < -0.39 is 11.9 Å². The summed E-state index contributed by atoms with van der Waals surface area (Å²) in [5.74, 6) is -0.602. The summed E-state index contributed by atoms with van der Waals surface area (Å²) < 4.78 is 12.3. The van der Waals surface area contributed by atoms with Gasteiger partial charge in [0.1, 0.15) is 18.2 Å². The van der Waals surface area contributed by atoms with Crippen LogP contribution in [0, 0.1) is 25.2 Å². The lowest BCUT2D eigenvalue weighted by Crippen LogP contribution is -2.14. The van der Waals surface area contributed by atoms with Gasteiger partial charge >= 0.3 is 5.97 Å². The van der Waals surface area contributed by atoms with Gasteiger partial charge in [-0.1, -0.05) is 45.8 Å². The summed E-state index contributed by atoms with van der Waals surface area (Å²) in [5, 5.41) is 21.5. The Kier molecular flexibility index (Phi) is 8.87. The Bertz CT molecular complexity index is 1360. The fourth-order valence-corrected chi connectivity index (χ4v) is 3.83. The second-order valence-electron chi connectivity index (χ2n) is 7.99. The molecule has 0 fully saturated rings. The maximum Gasteiger partial charge on any atom is 0.335 e. The van der Waals surface area contributed by atoms with Crippen molar-refractivity contribution in [2.24, 2.45) is 0 Å². The monoisotopic (exact) mass is 548 g/mol. The molecule has 3 aromatic carbocycles. The Morgan fingerprint density at radius 3 is 2.36 bits per heavy atom. The van der Waals surface area contributed by atoms with Crippen molar-refractivity contribution in [3.63, 3.8) is 0 Å². The van der Waals surface area contributed by atoms with Gasteiger partial charge in [-0.25, -0.2) is 4.79 Å². The first kappa shape index (κ1) is 26.5. The quantitative estimate of drug-likeness (QED) is 0.240. The number of nitrogens with zero attached hydrogens (tertiary/aromatic N) is 1. The number of carbonyl (C=O) groups is 2. The largest absolute Gasteiger partial charge is 0.490 e. The van der Waals surface area contributed by atoms with Crippen molar-refractivity contribution in [1.29, 1.82) is 5.26 Å². The number of benzene rings is 3. The van der Waals surface area contributed by atoms with Crippen molar-refractivity contribution in [2.75, 3.05) is 11.9 Å². The minimum Gasteiger partial charge on any atom is -0.490 e. The second-order valence-corrected chi connectivity index (χ2v) is 8.84. The van der Waals surface area contributed by atoms with E-state index in [4.69, 9.17) is 14.6 Å². The van der Waals surface area contributed by atoms with Crippen molar-refractivity contribution in [2.45, 2.75) is 27.4 Å². The van der Waals surface area contributed by atoms with Gasteiger partial charge in [-0.05, 0) is 73.9 Å². The molecule has 0 saturated carbocycles. The third-order valence-electron chi connectivity index (χ3n) is 5.25. The van der Waals surface area contributed by atoms with Gasteiger partial charge in [-0.2, -0.15) is 5.26 Å². The number of hydrogen-bond donors (Lipinski definition) is 2. The predicted octanol–water partition coefficient (Wildman–Crippen LogP) is 6.29. The zero-order valence-electron chi connectivity index (χ0n) is 20.1. The highest BCUT2D eigenvalue weighted by Gasteiger charge is 2.15. The Labute approximate surface area is 218 Å². The van der Waals surface area contributed by atoms with E-state index in [2.05, 4.69) is 21.2 Å². The van der Waals surface area contributed by atoms with E-state index in [9.17, 15) is 14.9 Å². The van der Waals surface area contributed by atoms with E-state index in [-0.39, 0.29) is 17.7 Å². The van der Waals surface area contributed by atoms with Crippen LogP contribution in [0.5, 0.6) is 11.5 Å². The standard InChI is InChI=1S/C28H25BrN2O5/c1-4-35-25-13-21(12-22(15-30)27(32)31-24-10-5-17(2)11-18(24)3)23(29)14-26(25)36-16-19-6-8-20(9-7-19)28(33)34/h5-14H,4,16H2,1-3H3,(H,31,32)(H,33,34)/b22-12+. The minimum atomic E-state index is -0.993. The molecule has 1 amide bonds. The third-order valence-corrected chi connectivity index (χ3v) is 5.94. The van der Waals surface area contributed by atoms with Crippen LogP contribution in [0.4, 0.5) is 5.69 Å². The van der Waals surface area contributed by atoms with Crippen molar-refractivity contribution >= 4 is 39.6 Å². The van der Waals surface area contributed by atoms with Crippen LogP contribution < -0.4 is 14.8 Å². The molecule has 3 aromatic rings. The maximum atomic E-state index is 12.8. The average Bonchev–Trinajstić information content (AvgIpc) is 2.85. The van der Waals surface area contributed by atoms with Crippen LogP contribution >= 0.6 is 15.9 Å². The lowest BCUT2D eigenvalue weighted by Gasteiger charge is -2.14. The molecule has 3 rings (SSSR count). The van der Waals surface area contributed by atoms with Gasteiger partial charge < -0.3 is 19.9 Å². The molecule has 0 unspecified atom stereocenters. The summed E-state index contributed by atoms with van der Waals surface area (Å²) in [6.45, 7) is 6.28. The summed E-state index contributed by atoms with van der Waals surface area (Å²) in [6, 6.07) is 17.4. The molecule has 0 saturated heterocycles. The predicted molar refractivity (Wildman–Crippen MR) is 141 cm³/mol. The van der Waals surface area contributed by atoms with Gasteiger partial charge in [0.15, 0.2) is 11.5 Å². The maximum absolute atomic E-state index is 12.8. The molecule has 7 nitrogen and oxygen atoms in total. The van der Waals surface area contributed by atoms with Crippen LogP contribution in [0.2, 0.25) is 0 Å². The van der Waals surface area contributed by atoms with Crippen molar-refractivity contribution in [1.82, 2.24) is 0 Å². The number of aryl methyl sites for hydroxylation is 2. The van der Waals surface area contributed by atoms with Gasteiger partial charge in [0.25, 0.3) is 5.91 Å². The van der Waals surface area contributed by atoms with Gasteiger partial charge in [0, 0.05) is 10.2 Å². The highest BCUT2D eigenvalue weighted by Crippen LogP contribution is 2.35. The summed E-state index contributed by atoms with van der Waals surface area (Å²) in [4.78, 5) is 23.8. The Hall–Kier alpha value is -4.09. The fourth-order valence-electron chi connectivity index (χ4n) is 3.39. The van der Waals surface area contributed by atoms with Crippen LogP contribution in [-0.2, 0) is 11.4 Å². The van der Waals surface area contributed by atoms with Gasteiger partial charge in [-0.15, -0.1) is 0 Å². The zero-order valence-corrected chi connectivity index (χ0v) is 21.7. The summed E-state index contributed by atoms with van der Waals surface area (Å²) >= 11 is 3.49. The van der Waals surface area contributed by atoms with Crippen LogP contribution in [0.25, 0.3) is 6.08 Å². The van der Waals surface area contributed by atoms with Gasteiger partial charge in [0.2, 0.25) is 0 Å². The van der Waals surface area contributed by atoms with Crippen molar-refractivity contribution in [3.8, 4) is 17.6 Å². The van der Waals surface area contributed by atoms with E-state index >= 15 is 0 Å². The molecule has 2 N–H and O–H groups in total. The highest BCUT2D eigenvalue weighted by atomic mass is 79.9. The molecule has 0 aliphatic rings. The van der Waals surface area contributed by atoms with Crippen molar-refractivity contribution < 1.29 is 24.2 Å². The van der Waals surface area contributed by atoms with Crippen LogP contribution in [0.15, 0.2) is 64.6 Å². The van der Waals surface area contributed by atoms with E-state index in [1.165, 1.54) is 18.2 Å². The van der Waals surface area contributed by atoms with E-state index in [1.807, 2.05) is 45.0 Å². The molecule has 0 spiro atoms. The number of hydrogen-bond acceptors (Lipinski definition) is 5. The minimum absolute atomic E-state index is 0.0645. The number of nitrogens with one attached hydrogen (secondary N) is 1. The van der Waals surface area contributed by atoms with Gasteiger partial charge in [-0.3, -0.25) is 4.79 Å². The molecule has 0 aliphatic carbocycles. The smallest absolute Gasteiger partial charge is 0.335 e. The lowest BCUT2D eigenvalue weighted by molar-refractivity contribution is -0.112. The first-order chi connectivity index (χ1) is 17.2. The number of carbonyl (C=O) groups excluding carboxylic acids is 1. The number of ether oxygens (including phenoxy) is 2. The third kappa shape index (κ3) is 6.74. The summed E-state index contributed by atoms with van der Waals surface area (Å²) in [6.07, 6.45) is 1.49. The Morgan fingerprint density at radius 1 is 1.06 bits per heavy atom. The van der Waals surface area contributed by atoms with Crippen LogP contribution in [0.3, 0.4) is 0 Å². The molecule has 0 atom stereocenters. The van der Waals surface area contributed by atoms with E-state index in [0.29, 0.717) is 33.8 Å². The molecule has 0 heterocycles. The highest BCUT2D eigenvalue weighted by molar-refractivity contribution is 9.10. The molecule has 184 valence electrons. The SMILES string of the molecule is CCOc1cc(/C=C(\C#N)C(=O)Nc2ccc(C)cc2C)c(Br)cc1OCc1ccc(C(=O)O)cc1. The molecular weight excluding hydrogens is 524 g/mol. The van der Waals surface area contributed by atoms with Crippen LogP contribution in [0.1, 0.15) is 39.5 Å². The summed E-state index contributed by atoms with van der Waals surface area (Å²) in [7, 11) is 0. The molecule has 8 heteroatoms. The first-order valence-corrected chi connectivity index (χ1v) is 11.9. The molecule has 0 bridgehead atoms. The second kappa shape index (κ2) is 12.0. The normalized spacial score (nSPS) is 10.9.